The number of rotatable bonds is 8. The van der Waals surface area contributed by atoms with E-state index in [0.29, 0.717) is 31.6 Å². The van der Waals surface area contributed by atoms with Gasteiger partial charge >= 0.3 is 6.01 Å². The van der Waals surface area contributed by atoms with Crippen LogP contribution in [-0.4, -0.2) is 30.5 Å². The van der Waals surface area contributed by atoms with Crippen LogP contribution in [0.1, 0.15) is 16.3 Å². The second-order valence-electron chi connectivity index (χ2n) is 4.05. The molecule has 0 saturated heterocycles. The van der Waals surface area contributed by atoms with Crippen LogP contribution in [-0.2, 0) is 17.8 Å². The monoisotopic (exact) mass is 282 g/mol. The third kappa shape index (κ3) is 4.30. The van der Waals surface area contributed by atoms with Gasteiger partial charge in [0.1, 0.15) is 0 Å². The zero-order valence-corrected chi connectivity index (χ0v) is 11.9. The Morgan fingerprint density at radius 1 is 1.37 bits per heavy atom. The van der Waals surface area contributed by atoms with Crippen molar-refractivity contribution in [3.63, 3.8) is 0 Å². The molecule has 0 atom stereocenters. The Kier molecular flexibility index (Phi) is 5.31. The van der Waals surface area contributed by atoms with Crippen LogP contribution in [0, 0.1) is 6.92 Å². The van der Waals surface area contributed by atoms with Gasteiger partial charge in [0.05, 0.1) is 19.7 Å². The highest BCUT2D eigenvalue weighted by Crippen LogP contribution is 2.17. The summed E-state index contributed by atoms with van der Waals surface area (Å²) < 4.78 is 10.4. The molecule has 6 nitrogen and oxygen atoms in total. The molecule has 0 saturated carbocycles. The summed E-state index contributed by atoms with van der Waals surface area (Å²) in [5.41, 5.74) is 1.28. The molecule has 0 unspecified atom stereocenters. The van der Waals surface area contributed by atoms with Crippen LogP contribution in [0.4, 0.5) is 6.01 Å². The van der Waals surface area contributed by atoms with Crippen LogP contribution in [0.2, 0.25) is 0 Å². The number of aryl methyl sites for hydroxylation is 1. The third-order valence-electron chi connectivity index (χ3n) is 2.59. The molecule has 0 aromatic carbocycles. The largest absolute Gasteiger partial charge is 0.407 e. The molecule has 0 aliphatic carbocycles. The average Bonchev–Trinajstić information content (AvgIpc) is 3.01. The summed E-state index contributed by atoms with van der Waals surface area (Å²) in [5.74, 6) is 0.571. The Hall–Kier alpha value is -1.44. The van der Waals surface area contributed by atoms with Crippen LogP contribution in [0.25, 0.3) is 0 Å². The summed E-state index contributed by atoms with van der Waals surface area (Å²) in [4.78, 5) is 1.28. The zero-order valence-electron chi connectivity index (χ0n) is 11.1. The molecule has 0 aliphatic heterocycles. The van der Waals surface area contributed by atoms with Crippen molar-refractivity contribution in [3.05, 3.63) is 27.8 Å². The molecule has 0 amide bonds. The van der Waals surface area contributed by atoms with Gasteiger partial charge in [-0.05, 0) is 23.9 Å². The van der Waals surface area contributed by atoms with Crippen molar-refractivity contribution in [2.24, 2.45) is 0 Å². The van der Waals surface area contributed by atoms with Crippen molar-refractivity contribution in [3.8, 4) is 0 Å². The number of nitrogens with zero attached hydrogens (tertiary/aromatic N) is 2. The molecule has 2 rings (SSSR count). The van der Waals surface area contributed by atoms with E-state index in [2.05, 4.69) is 39.2 Å². The fraction of sp³-hybridized carbons (Fsp3) is 0.500. The lowest BCUT2D eigenvalue weighted by Crippen LogP contribution is -2.18. The normalized spacial score (nSPS) is 10.8. The first-order valence-electron chi connectivity index (χ1n) is 6.08. The quantitative estimate of drug-likeness (QED) is 0.719. The zero-order chi connectivity index (χ0) is 13.5. The molecule has 19 heavy (non-hydrogen) atoms. The fourth-order valence-corrected chi connectivity index (χ4v) is 2.35. The van der Waals surface area contributed by atoms with Gasteiger partial charge in [-0.15, -0.1) is 16.4 Å². The summed E-state index contributed by atoms with van der Waals surface area (Å²) in [6, 6.07) is 2.55. The van der Waals surface area contributed by atoms with Crippen molar-refractivity contribution < 1.29 is 9.15 Å². The number of methoxy groups -OCH3 is 1. The number of aromatic nitrogens is 2. The Labute approximate surface area is 116 Å². The van der Waals surface area contributed by atoms with Gasteiger partial charge in [0.2, 0.25) is 5.89 Å². The van der Waals surface area contributed by atoms with E-state index in [1.54, 1.807) is 18.4 Å². The average molecular weight is 282 g/mol. The van der Waals surface area contributed by atoms with Crippen LogP contribution < -0.4 is 10.6 Å². The Balaban J connectivity index is 1.76. The van der Waals surface area contributed by atoms with E-state index in [4.69, 9.17) is 9.15 Å². The molecule has 104 valence electrons. The van der Waals surface area contributed by atoms with E-state index in [9.17, 15) is 0 Å². The minimum absolute atomic E-state index is 0.455. The van der Waals surface area contributed by atoms with Gasteiger partial charge in [-0.25, -0.2) is 0 Å². The van der Waals surface area contributed by atoms with E-state index in [1.807, 2.05) is 0 Å². The summed E-state index contributed by atoms with van der Waals surface area (Å²) in [5, 5.41) is 16.3. The van der Waals surface area contributed by atoms with Gasteiger partial charge in [-0.1, -0.05) is 5.10 Å². The fourth-order valence-electron chi connectivity index (χ4n) is 1.51. The molecule has 2 aromatic heterocycles. The molecule has 2 aromatic rings. The van der Waals surface area contributed by atoms with E-state index >= 15 is 0 Å². The van der Waals surface area contributed by atoms with E-state index in [1.165, 1.54) is 10.4 Å². The molecular weight excluding hydrogens is 264 g/mol. The van der Waals surface area contributed by atoms with Crippen LogP contribution in [0.15, 0.2) is 15.9 Å². The number of ether oxygens (including phenoxy) is 1. The standard InChI is InChI=1S/C12H18N4O2S/c1-9-3-6-19-10(9)7-14-12-16-15-11(18-12)8-13-4-5-17-2/h3,6,13H,4-5,7-8H2,1-2H3,(H,14,16). The maximum absolute atomic E-state index is 5.47. The highest BCUT2D eigenvalue weighted by molar-refractivity contribution is 7.10. The Morgan fingerprint density at radius 3 is 3.00 bits per heavy atom. The first-order chi connectivity index (χ1) is 9.29. The predicted molar refractivity (Wildman–Crippen MR) is 74.3 cm³/mol. The van der Waals surface area contributed by atoms with Gasteiger partial charge in [0, 0.05) is 18.5 Å². The Bertz CT molecular complexity index is 497. The van der Waals surface area contributed by atoms with Gasteiger partial charge in [0.25, 0.3) is 0 Å². The topological polar surface area (TPSA) is 72.2 Å². The minimum Gasteiger partial charge on any atom is -0.407 e. The van der Waals surface area contributed by atoms with Crippen LogP contribution in [0.3, 0.4) is 0 Å². The molecule has 0 aliphatic rings. The SMILES string of the molecule is COCCNCc1nnc(NCc2sccc2C)o1. The number of nitrogens with one attached hydrogen (secondary N) is 2. The van der Waals surface area contributed by atoms with Crippen LogP contribution in [0.5, 0.6) is 0 Å². The van der Waals surface area contributed by atoms with E-state index < -0.39 is 0 Å². The number of hydrogen-bond acceptors (Lipinski definition) is 7. The van der Waals surface area contributed by atoms with Gasteiger partial charge in [-0.2, -0.15) is 0 Å². The van der Waals surface area contributed by atoms with Gasteiger partial charge in [0.15, 0.2) is 0 Å². The molecule has 7 heteroatoms. The number of hydrogen-bond donors (Lipinski definition) is 2. The number of anilines is 1. The van der Waals surface area contributed by atoms with Gasteiger partial charge < -0.3 is 19.8 Å². The van der Waals surface area contributed by atoms with Crippen molar-refractivity contribution in [2.45, 2.75) is 20.0 Å². The first-order valence-corrected chi connectivity index (χ1v) is 6.96. The van der Waals surface area contributed by atoms with Crippen molar-refractivity contribution in [2.75, 3.05) is 25.6 Å². The highest BCUT2D eigenvalue weighted by atomic mass is 32.1. The number of thiophene rings is 1. The molecule has 0 fully saturated rings. The summed E-state index contributed by atoms with van der Waals surface area (Å²) >= 11 is 1.72. The third-order valence-corrected chi connectivity index (χ3v) is 3.62. The lowest BCUT2D eigenvalue weighted by atomic mass is 10.3. The maximum atomic E-state index is 5.47. The van der Waals surface area contributed by atoms with Crippen molar-refractivity contribution in [1.82, 2.24) is 15.5 Å². The summed E-state index contributed by atoms with van der Waals surface area (Å²) in [6.45, 7) is 4.78. The minimum atomic E-state index is 0.455. The molecule has 2 N–H and O–H groups in total. The van der Waals surface area contributed by atoms with E-state index in [0.717, 1.165) is 6.54 Å². The summed E-state index contributed by atoms with van der Waals surface area (Å²) in [6.07, 6.45) is 0. The van der Waals surface area contributed by atoms with Crippen molar-refractivity contribution >= 4 is 17.4 Å². The summed E-state index contributed by atoms with van der Waals surface area (Å²) in [7, 11) is 1.67. The molecule has 0 bridgehead atoms. The molecule has 0 radical (unpaired) electrons. The molecule has 2 heterocycles. The maximum Gasteiger partial charge on any atom is 0.315 e. The molecular formula is C12H18N4O2S. The smallest absolute Gasteiger partial charge is 0.315 e. The van der Waals surface area contributed by atoms with E-state index in [-0.39, 0.29) is 0 Å². The van der Waals surface area contributed by atoms with Crippen molar-refractivity contribution in [1.29, 1.82) is 0 Å². The Morgan fingerprint density at radius 2 is 2.26 bits per heavy atom. The lowest BCUT2D eigenvalue weighted by Gasteiger charge is -2.00. The predicted octanol–water partition coefficient (Wildman–Crippen LogP) is 1.79. The second kappa shape index (κ2) is 7.22. The first kappa shape index (κ1) is 14.0. The van der Waals surface area contributed by atoms with Crippen LogP contribution >= 0.6 is 11.3 Å². The van der Waals surface area contributed by atoms with Gasteiger partial charge in [-0.3, -0.25) is 0 Å². The molecule has 0 spiro atoms. The lowest BCUT2D eigenvalue weighted by molar-refractivity contribution is 0.198. The second-order valence-corrected chi connectivity index (χ2v) is 5.05. The highest BCUT2D eigenvalue weighted by Gasteiger charge is 2.06.